The summed E-state index contributed by atoms with van der Waals surface area (Å²) in [5.74, 6) is -1.59. The molecule has 0 rings (SSSR count). The average Bonchev–Trinajstić information content (AvgIpc) is 2.15. The maximum absolute atomic E-state index is 12.3. The van der Waals surface area contributed by atoms with Crippen LogP contribution in [0.5, 0.6) is 0 Å². The second kappa shape index (κ2) is 6.42. The minimum Gasteiger partial charge on any atom is -0.381 e. The van der Waals surface area contributed by atoms with Crippen LogP contribution in [0, 0.1) is 5.92 Å². The highest BCUT2D eigenvalue weighted by molar-refractivity contribution is 4.69. The Hall–Kier alpha value is -0.330. The van der Waals surface area contributed by atoms with Crippen LogP contribution < -0.4 is 5.73 Å². The second-order valence-electron chi connectivity index (χ2n) is 4.26. The summed E-state index contributed by atoms with van der Waals surface area (Å²) in [6.07, 6.45) is -3.75. The highest BCUT2D eigenvalue weighted by Crippen LogP contribution is 2.25. The Kier molecular flexibility index (Phi) is 6.28. The molecule has 98 valence electrons. The molecule has 0 fully saturated rings. The van der Waals surface area contributed by atoms with Gasteiger partial charge >= 0.3 is 6.18 Å². The van der Waals surface area contributed by atoms with E-state index in [1.807, 2.05) is 13.8 Å². The lowest BCUT2D eigenvalue weighted by molar-refractivity contribution is -0.186. The largest absolute Gasteiger partial charge is 0.395 e. The molecule has 0 aliphatic heterocycles. The van der Waals surface area contributed by atoms with Crippen LogP contribution in [0.15, 0.2) is 0 Å². The van der Waals surface area contributed by atoms with Crippen molar-refractivity contribution in [2.24, 2.45) is 11.7 Å². The molecule has 0 saturated heterocycles. The van der Waals surface area contributed by atoms with Crippen molar-refractivity contribution >= 4 is 0 Å². The number of ether oxygens (including phenoxy) is 2. The van der Waals surface area contributed by atoms with Crippen molar-refractivity contribution in [2.75, 3.05) is 26.9 Å². The number of halogens is 3. The molecule has 0 saturated carbocycles. The molecule has 0 amide bonds. The summed E-state index contributed by atoms with van der Waals surface area (Å²) in [7, 11) is 1.55. The molecule has 0 bridgehead atoms. The van der Waals surface area contributed by atoms with Gasteiger partial charge in [-0.1, -0.05) is 0 Å². The van der Waals surface area contributed by atoms with Gasteiger partial charge in [-0.2, -0.15) is 13.2 Å². The van der Waals surface area contributed by atoms with Gasteiger partial charge < -0.3 is 15.2 Å². The fourth-order valence-electron chi connectivity index (χ4n) is 0.942. The number of rotatable bonds is 7. The highest BCUT2D eigenvalue weighted by atomic mass is 19.4. The molecule has 0 aliphatic rings. The minimum absolute atomic E-state index is 0.230. The van der Waals surface area contributed by atoms with Crippen LogP contribution in [-0.2, 0) is 9.47 Å². The van der Waals surface area contributed by atoms with Crippen molar-refractivity contribution < 1.29 is 22.6 Å². The number of hydrogen-bond acceptors (Lipinski definition) is 3. The number of alkyl halides is 3. The Morgan fingerprint density at radius 1 is 1.25 bits per heavy atom. The quantitative estimate of drug-likeness (QED) is 0.695. The lowest BCUT2D eigenvalue weighted by Crippen LogP contribution is -2.34. The van der Waals surface area contributed by atoms with Gasteiger partial charge in [-0.3, -0.25) is 0 Å². The van der Waals surface area contributed by atoms with E-state index in [-0.39, 0.29) is 18.8 Å². The van der Waals surface area contributed by atoms with E-state index < -0.39 is 18.6 Å². The Morgan fingerprint density at radius 2 is 1.81 bits per heavy atom. The first-order chi connectivity index (χ1) is 7.23. The normalized spacial score (nSPS) is 15.2. The maximum Gasteiger partial charge on any atom is 0.395 e. The van der Waals surface area contributed by atoms with E-state index >= 15 is 0 Å². The van der Waals surface area contributed by atoms with E-state index in [4.69, 9.17) is 15.2 Å². The third-order valence-corrected chi connectivity index (χ3v) is 2.47. The van der Waals surface area contributed by atoms with E-state index in [9.17, 15) is 13.2 Å². The fourth-order valence-corrected chi connectivity index (χ4v) is 0.942. The van der Waals surface area contributed by atoms with Crippen molar-refractivity contribution in [3.63, 3.8) is 0 Å². The van der Waals surface area contributed by atoms with Crippen LogP contribution in [0.3, 0.4) is 0 Å². The zero-order valence-electron chi connectivity index (χ0n) is 9.93. The summed E-state index contributed by atoms with van der Waals surface area (Å²) >= 11 is 0. The predicted molar refractivity (Wildman–Crippen MR) is 55.1 cm³/mol. The standard InChI is InChI=1S/C10H20F3NO2/c1-9(2,15-3)4-5-16-7-8(6-14)10(11,12)13/h8H,4-7,14H2,1-3H3. The van der Waals surface area contributed by atoms with Crippen LogP contribution in [0.1, 0.15) is 20.3 Å². The topological polar surface area (TPSA) is 44.5 Å². The first-order valence-corrected chi connectivity index (χ1v) is 5.12. The van der Waals surface area contributed by atoms with E-state index in [1.165, 1.54) is 0 Å². The van der Waals surface area contributed by atoms with Crippen LogP contribution in [0.25, 0.3) is 0 Å². The molecule has 0 aromatic heterocycles. The molecule has 0 aliphatic carbocycles. The molecule has 0 spiro atoms. The molecular formula is C10H20F3NO2. The molecule has 0 aromatic carbocycles. The molecule has 1 unspecified atom stereocenters. The molecule has 0 aromatic rings. The van der Waals surface area contributed by atoms with Crippen molar-refractivity contribution in [2.45, 2.75) is 32.0 Å². The van der Waals surface area contributed by atoms with E-state index in [1.54, 1.807) is 7.11 Å². The summed E-state index contributed by atoms with van der Waals surface area (Å²) in [5, 5.41) is 0. The van der Waals surface area contributed by atoms with Gasteiger partial charge in [0.25, 0.3) is 0 Å². The van der Waals surface area contributed by atoms with Crippen molar-refractivity contribution in [3.05, 3.63) is 0 Å². The van der Waals surface area contributed by atoms with Gasteiger partial charge in [-0.05, 0) is 20.3 Å². The minimum atomic E-state index is -4.29. The third-order valence-electron chi connectivity index (χ3n) is 2.47. The number of methoxy groups -OCH3 is 1. The lowest BCUT2D eigenvalue weighted by atomic mass is 10.1. The molecule has 3 nitrogen and oxygen atoms in total. The van der Waals surface area contributed by atoms with Gasteiger partial charge in [0.15, 0.2) is 0 Å². The van der Waals surface area contributed by atoms with Crippen molar-refractivity contribution in [3.8, 4) is 0 Å². The molecular weight excluding hydrogens is 223 g/mol. The molecule has 0 heterocycles. The van der Waals surface area contributed by atoms with Crippen LogP contribution in [0.4, 0.5) is 13.2 Å². The van der Waals surface area contributed by atoms with Crippen LogP contribution >= 0.6 is 0 Å². The zero-order chi connectivity index (χ0) is 12.8. The fraction of sp³-hybridized carbons (Fsp3) is 1.00. The molecule has 2 N–H and O–H groups in total. The van der Waals surface area contributed by atoms with E-state index in [2.05, 4.69) is 0 Å². The highest BCUT2D eigenvalue weighted by Gasteiger charge is 2.38. The first kappa shape index (κ1) is 15.7. The first-order valence-electron chi connectivity index (χ1n) is 5.12. The smallest absolute Gasteiger partial charge is 0.381 e. The van der Waals surface area contributed by atoms with Gasteiger partial charge in [-0.15, -0.1) is 0 Å². The van der Waals surface area contributed by atoms with Gasteiger partial charge in [0.2, 0.25) is 0 Å². The molecule has 6 heteroatoms. The summed E-state index contributed by atoms with van der Waals surface area (Å²) in [4.78, 5) is 0. The summed E-state index contributed by atoms with van der Waals surface area (Å²) < 4.78 is 46.9. The Bertz CT molecular complexity index is 195. The van der Waals surface area contributed by atoms with Gasteiger partial charge in [0, 0.05) is 20.3 Å². The molecule has 16 heavy (non-hydrogen) atoms. The summed E-state index contributed by atoms with van der Waals surface area (Å²) in [6, 6.07) is 0. The summed E-state index contributed by atoms with van der Waals surface area (Å²) in [5.41, 5.74) is 4.65. The van der Waals surface area contributed by atoms with Gasteiger partial charge in [0.05, 0.1) is 18.1 Å². The van der Waals surface area contributed by atoms with E-state index in [0.717, 1.165) is 0 Å². The van der Waals surface area contributed by atoms with Gasteiger partial charge in [-0.25, -0.2) is 0 Å². The average molecular weight is 243 g/mol. The lowest BCUT2D eigenvalue weighted by Gasteiger charge is -2.23. The van der Waals surface area contributed by atoms with Gasteiger partial charge in [0.1, 0.15) is 0 Å². The van der Waals surface area contributed by atoms with Crippen LogP contribution in [-0.4, -0.2) is 38.6 Å². The monoisotopic (exact) mass is 243 g/mol. The number of nitrogens with two attached hydrogens (primary N) is 1. The maximum atomic E-state index is 12.3. The van der Waals surface area contributed by atoms with E-state index in [0.29, 0.717) is 6.42 Å². The Morgan fingerprint density at radius 3 is 2.19 bits per heavy atom. The van der Waals surface area contributed by atoms with Crippen LogP contribution in [0.2, 0.25) is 0 Å². The van der Waals surface area contributed by atoms with Crippen molar-refractivity contribution in [1.82, 2.24) is 0 Å². The second-order valence-corrected chi connectivity index (χ2v) is 4.26. The molecule has 1 atom stereocenters. The number of hydrogen-bond donors (Lipinski definition) is 1. The SMILES string of the molecule is COC(C)(C)CCOCC(CN)C(F)(F)F. The third kappa shape index (κ3) is 6.30. The molecule has 0 radical (unpaired) electrons. The zero-order valence-corrected chi connectivity index (χ0v) is 9.93. The Labute approximate surface area is 94.1 Å². The summed E-state index contributed by atoms with van der Waals surface area (Å²) in [6.45, 7) is 3.09. The van der Waals surface area contributed by atoms with Crippen molar-refractivity contribution in [1.29, 1.82) is 0 Å². The Balaban J connectivity index is 3.81. The predicted octanol–water partition coefficient (Wildman–Crippen LogP) is 1.96.